The Kier molecular flexibility index (Phi) is 4.39. The van der Waals surface area contributed by atoms with E-state index in [1.54, 1.807) is 31.6 Å². The van der Waals surface area contributed by atoms with Crippen LogP contribution in [0, 0.1) is 5.41 Å². The number of aromatic nitrogens is 1. The fraction of sp³-hybridized carbons (Fsp3) is 0.562. The van der Waals surface area contributed by atoms with Crippen LogP contribution >= 0.6 is 0 Å². The van der Waals surface area contributed by atoms with Crippen molar-refractivity contribution in [3.8, 4) is 0 Å². The highest BCUT2D eigenvalue weighted by Gasteiger charge is 2.53. The van der Waals surface area contributed by atoms with Gasteiger partial charge in [0.2, 0.25) is 5.91 Å². The number of rotatable bonds is 3. The summed E-state index contributed by atoms with van der Waals surface area (Å²) >= 11 is 0. The summed E-state index contributed by atoms with van der Waals surface area (Å²) in [5.74, 6) is 0.636. The maximum absolute atomic E-state index is 12.0. The van der Waals surface area contributed by atoms with Gasteiger partial charge in [-0.2, -0.15) is 0 Å². The summed E-state index contributed by atoms with van der Waals surface area (Å²) in [5, 5.41) is 5.92. The maximum Gasteiger partial charge on any atom is 0.243 e. The molecule has 0 unspecified atom stereocenters. The molecule has 1 saturated heterocycles. The molecule has 120 valence electrons. The molecule has 2 N–H and O–H groups in total. The third-order valence-electron chi connectivity index (χ3n) is 4.70. The highest BCUT2D eigenvalue weighted by atomic mass is 16.1. The van der Waals surface area contributed by atoms with E-state index in [-0.39, 0.29) is 23.4 Å². The number of aliphatic imine (C=N–C) groups is 1. The second-order valence-electron chi connectivity index (χ2n) is 6.72. The molecule has 2 heterocycles. The number of carbonyl (C=O) groups excluding carboxylic acids is 1. The number of amides is 1. The van der Waals surface area contributed by atoms with E-state index in [9.17, 15) is 4.79 Å². The second-order valence-corrected chi connectivity index (χ2v) is 6.72. The summed E-state index contributed by atoms with van der Waals surface area (Å²) in [7, 11) is 1.74. The molecule has 1 fully saturated rings. The predicted octanol–water partition coefficient (Wildman–Crippen LogP) is 1.72. The Bertz CT molecular complexity index is 565. The Morgan fingerprint density at radius 3 is 2.64 bits per heavy atom. The molecule has 0 radical (unpaired) electrons. The zero-order valence-corrected chi connectivity index (χ0v) is 14.0. The number of pyridine rings is 1. The standard InChI is InChI=1S/C16H25N5O/c1-15(2)11-21(16(15,3)4)14(17-5)19-10-13(22)20-12-7-6-8-18-9-12/h6-9H,10-11H2,1-5H3,(H,17,19)(H,20,22). The second kappa shape index (κ2) is 5.94. The molecule has 0 aromatic carbocycles. The number of hydrogen-bond donors (Lipinski definition) is 2. The van der Waals surface area contributed by atoms with E-state index >= 15 is 0 Å². The highest BCUT2D eigenvalue weighted by Crippen LogP contribution is 2.46. The van der Waals surface area contributed by atoms with Crippen molar-refractivity contribution in [2.75, 3.05) is 25.5 Å². The van der Waals surface area contributed by atoms with Gasteiger partial charge >= 0.3 is 0 Å². The number of nitrogens with zero attached hydrogens (tertiary/aromatic N) is 3. The quantitative estimate of drug-likeness (QED) is 0.659. The first-order chi connectivity index (χ1) is 10.3. The molecule has 1 aromatic rings. The van der Waals surface area contributed by atoms with Gasteiger partial charge in [-0.1, -0.05) is 13.8 Å². The van der Waals surface area contributed by atoms with Crippen molar-refractivity contribution in [2.24, 2.45) is 10.4 Å². The topological polar surface area (TPSA) is 69.6 Å². The number of likely N-dealkylation sites (tertiary alicyclic amines) is 1. The zero-order valence-electron chi connectivity index (χ0n) is 14.0. The minimum Gasteiger partial charge on any atom is -0.347 e. The van der Waals surface area contributed by atoms with Crippen molar-refractivity contribution in [1.82, 2.24) is 15.2 Å². The van der Waals surface area contributed by atoms with E-state index in [1.165, 1.54) is 0 Å². The van der Waals surface area contributed by atoms with Crippen molar-refractivity contribution in [3.05, 3.63) is 24.5 Å². The van der Waals surface area contributed by atoms with Crippen molar-refractivity contribution in [2.45, 2.75) is 33.2 Å². The maximum atomic E-state index is 12.0. The molecule has 0 saturated carbocycles. The van der Waals surface area contributed by atoms with Crippen LogP contribution in [0.1, 0.15) is 27.7 Å². The molecule has 22 heavy (non-hydrogen) atoms. The van der Waals surface area contributed by atoms with Crippen LogP contribution in [0.25, 0.3) is 0 Å². The van der Waals surface area contributed by atoms with Crippen molar-refractivity contribution >= 4 is 17.6 Å². The van der Waals surface area contributed by atoms with Crippen molar-refractivity contribution < 1.29 is 4.79 Å². The van der Waals surface area contributed by atoms with Gasteiger partial charge in [0.15, 0.2) is 5.96 Å². The summed E-state index contributed by atoms with van der Waals surface area (Å²) in [6.45, 7) is 9.97. The normalized spacial score (nSPS) is 19.3. The third kappa shape index (κ3) is 3.05. The van der Waals surface area contributed by atoms with Gasteiger partial charge in [0, 0.05) is 30.7 Å². The van der Waals surface area contributed by atoms with Gasteiger partial charge in [-0.15, -0.1) is 0 Å². The van der Waals surface area contributed by atoms with Gasteiger partial charge in [0.05, 0.1) is 18.4 Å². The van der Waals surface area contributed by atoms with Crippen LogP contribution in [0.3, 0.4) is 0 Å². The van der Waals surface area contributed by atoms with E-state index in [0.717, 1.165) is 12.5 Å². The molecular formula is C16H25N5O. The molecule has 6 nitrogen and oxygen atoms in total. The SMILES string of the molecule is CN=C(NCC(=O)Nc1cccnc1)N1CC(C)(C)C1(C)C. The van der Waals surface area contributed by atoms with Crippen LogP contribution in [0.5, 0.6) is 0 Å². The fourth-order valence-electron chi connectivity index (χ4n) is 2.50. The average molecular weight is 303 g/mol. The lowest BCUT2D eigenvalue weighted by Gasteiger charge is -2.62. The first-order valence-electron chi connectivity index (χ1n) is 7.46. The summed E-state index contributed by atoms with van der Waals surface area (Å²) in [4.78, 5) is 22.4. The van der Waals surface area contributed by atoms with Gasteiger partial charge in [-0.3, -0.25) is 14.8 Å². The predicted molar refractivity (Wildman–Crippen MR) is 88.8 cm³/mol. The summed E-state index contributed by atoms with van der Waals surface area (Å²) < 4.78 is 0. The molecule has 0 spiro atoms. The highest BCUT2D eigenvalue weighted by molar-refractivity contribution is 5.95. The van der Waals surface area contributed by atoms with Crippen LogP contribution in [0.15, 0.2) is 29.5 Å². The van der Waals surface area contributed by atoms with Gasteiger partial charge in [0.25, 0.3) is 0 Å². The van der Waals surface area contributed by atoms with Crippen molar-refractivity contribution in [3.63, 3.8) is 0 Å². The number of anilines is 1. The molecule has 0 aliphatic carbocycles. The fourth-order valence-corrected chi connectivity index (χ4v) is 2.50. The van der Waals surface area contributed by atoms with E-state index in [2.05, 4.69) is 53.2 Å². The smallest absolute Gasteiger partial charge is 0.243 e. The molecule has 1 aromatic heterocycles. The Balaban J connectivity index is 1.89. The molecule has 6 heteroatoms. The average Bonchev–Trinajstić information content (AvgIpc) is 2.47. The Morgan fingerprint density at radius 1 is 1.41 bits per heavy atom. The van der Waals surface area contributed by atoms with Gasteiger partial charge in [-0.25, -0.2) is 0 Å². The van der Waals surface area contributed by atoms with Gasteiger partial charge < -0.3 is 15.5 Å². The summed E-state index contributed by atoms with van der Waals surface area (Å²) in [5.41, 5.74) is 0.923. The Labute approximate surface area is 132 Å². The number of hydrogen-bond acceptors (Lipinski definition) is 3. The number of guanidine groups is 1. The molecule has 2 rings (SSSR count). The van der Waals surface area contributed by atoms with Crippen LogP contribution < -0.4 is 10.6 Å². The van der Waals surface area contributed by atoms with Gasteiger partial charge in [-0.05, 0) is 26.0 Å². The minimum atomic E-state index is -0.119. The van der Waals surface area contributed by atoms with E-state index in [4.69, 9.17) is 0 Å². The molecule has 1 aliphatic heterocycles. The first-order valence-corrected chi connectivity index (χ1v) is 7.46. The minimum absolute atomic E-state index is 0.00860. The lowest BCUT2D eigenvalue weighted by Crippen LogP contribution is -2.72. The molecule has 0 atom stereocenters. The van der Waals surface area contributed by atoms with E-state index < -0.39 is 0 Å². The first kappa shape index (κ1) is 16.3. The molecule has 1 aliphatic rings. The molecule has 0 bridgehead atoms. The van der Waals surface area contributed by atoms with Crippen LogP contribution in [-0.2, 0) is 4.79 Å². The third-order valence-corrected chi connectivity index (χ3v) is 4.70. The summed E-state index contributed by atoms with van der Waals surface area (Å²) in [6, 6.07) is 3.59. The Morgan fingerprint density at radius 2 is 2.14 bits per heavy atom. The van der Waals surface area contributed by atoms with E-state index in [1.807, 2.05) is 0 Å². The van der Waals surface area contributed by atoms with Crippen LogP contribution in [0.2, 0.25) is 0 Å². The van der Waals surface area contributed by atoms with E-state index in [0.29, 0.717) is 5.69 Å². The lowest BCUT2D eigenvalue weighted by molar-refractivity contribution is -0.115. The largest absolute Gasteiger partial charge is 0.347 e. The molecular weight excluding hydrogens is 278 g/mol. The monoisotopic (exact) mass is 303 g/mol. The zero-order chi connectivity index (χ0) is 16.4. The summed E-state index contributed by atoms with van der Waals surface area (Å²) in [6.07, 6.45) is 3.29. The Hall–Kier alpha value is -2.11. The molecule has 1 amide bonds. The van der Waals surface area contributed by atoms with Crippen molar-refractivity contribution in [1.29, 1.82) is 0 Å². The van der Waals surface area contributed by atoms with Crippen LogP contribution in [-0.4, -0.2) is 47.4 Å². The number of nitrogens with one attached hydrogen (secondary N) is 2. The number of carbonyl (C=O) groups is 1. The lowest BCUT2D eigenvalue weighted by atomic mass is 9.65. The van der Waals surface area contributed by atoms with Crippen LogP contribution in [0.4, 0.5) is 5.69 Å². The van der Waals surface area contributed by atoms with Gasteiger partial charge in [0.1, 0.15) is 0 Å².